The van der Waals surface area contributed by atoms with Crippen LogP contribution in [0.5, 0.6) is 0 Å². The van der Waals surface area contributed by atoms with E-state index in [2.05, 4.69) is 100 Å². The molecular weight excluding hydrogens is 561 g/mol. The van der Waals surface area contributed by atoms with Crippen LogP contribution in [0.2, 0.25) is 0 Å². The van der Waals surface area contributed by atoms with E-state index >= 15 is 0 Å². The van der Waals surface area contributed by atoms with E-state index in [1.54, 1.807) is 0 Å². The van der Waals surface area contributed by atoms with E-state index in [1.165, 1.54) is 39.5 Å². The number of hydrogen-bond donors (Lipinski definition) is 0. The molecule has 0 saturated carbocycles. The zero-order chi connectivity index (χ0) is 30.4. The molecule has 0 bridgehead atoms. The van der Waals surface area contributed by atoms with Crippen LogP contribution in [0.1, 0.15) is 18.1 Å². The van der Waals surface area contributed by atoms with Gasteiger partial charge in [-0.25, -0.2) is 0 Å². The number of nitrogens with zero attached hydrogens (tertiary/aromatic N) is 4. The van der Waals surface area contributed by atoms with Crippen molar-refractivity contribution in [3.63, 3.8) is 0 Å². The van der Waals surface area contributed by atoms with E-state index in [0.29, 0.717) is 11.1 Å². The molecule has 0 atom stereocenters. The minimum absolute atomic E-state index is 0.152. The number of rotatable bonds is 6. The van der Waals surface area contributed by atoms with Gasteiger partial charge in [0.1, 0.15) is 0 Å². The van der Waals surface area contributed by atoms with Gasteiger partial charge in [-0.2, -0.15) is 13.2 Å². The summed E-state index contributed by atoms with van der Waals surface area (Å²) >= 11 is 0. The predicted molar refractivity (Wildman–Crippen MR) is 168 cm³/mol. The second kappa shape index (κ2) is 10.7. The van der Waals surface area contributed by atoms with Gasteiger partial charge in [0, 0.05) is 56.5 Å². The molecule has 0 aliphatic carbocycles. The molecule has 8 heteroatoms. The molecule has 0 N–H and O–H groups in total. The molecule has 5 aromatic carbocycles. The quantitative estimate of drug-likeness (QED) is 0.194. The minimum atomic E-state index is -4.41. The van der Waals surface area contributed by atoms with E-state index in [-0.39, 0.29) is 11.8 Å². The number of para-hydroxylation sites is 1. The van der Waals surface area contributed by atoms with Gasteiger partial charge in [0.15, 0.2) is 0 Å². The lowest BCUT2D eigenvalue weighted by molar-refractivity contribution is -0.137. The molecule has 44 heavy (non-hydrogen) atoms. The Kier molecular flexibility index (Phi) is 6.69. The van der Waals surface area contributed by atoms with Crippen LogP contribution in [0.3, 0.4) is 0 Å². The molecule has 0 aliphatic rings. The number of anilines is 3. The second-order valence-corrected chi connectivity index (χ2v) is 10.7. The Bertz CT molecular complexity index is 2090. The summed E-state index contributed by atoms with van der Waals surface area (Å²) in [4.78, 5) is 2.21. The van der Waals surface area contributed by atoms with Crippen LogP contribution < -0.4 is 4.90 Å². The Morgan fingerprint density at radius 2 is 1.20 bits per heavy atom. The molecular formula is C36H27F3N4O. The zero-order valence-corrected chi connectivity index (χ0v) is 24.0. The lowest BCUT2D eigenvalue weighted by atomic mass is 10.1. The van der Waals surface area contributed by atoms with Gasteiger partial charge < -0.3 is 13.9 Å². The Morgan fingerprint density at radius 3 is 1.82 bits per heavy atom. The first-order chi connectivity index (χ1) is 21.3. The third-order valence-electron chi connectivity index (χ3n) is 7.88. The molecule has 0 saturated heterocycles. The maximum Gasteiger partial charge on any atom is 0.416 e. The SMILES string of the molecule is CCn1c2ccccc2c2cc(N(c3ccc(C)cc3)c3ccc(-c4nnc(-c5ccc(C(F)(F)F)cc5)o4)cc3)ccc21. The molecule has 0 aliphatic heterocycles. The molecule has 0 fully saturated rings. The molecule has 7 rings (SSSR count). The van der Waals surface area contributed by atoms with Crippen LogP contribution in [0.4, 0.5) is 30.2 Å². The first kappa shape index (κ1) is 27.5. The molecule has 2 heterocycles. The predicted octanol–water partition coefficient (Wildman–Crippen LogP) is 10.3. The van der Waals surface area contributed by atoms with Crippen molar-refractivity contribution in [3.05, 3.63) is 126 Å². The lowest BCUT2D eigenvalue weighted by Gasteiger charge is -2.26. The van der Waals surface area contributed by atoms with Gasteiger partial charge >= 0.3 is 6.18 Å². The molecule has 0 spiro atoms. The van der Waals surface area contributed by atoms with Crippen molar-refractivity contribution in [1.29, 1.82) is 0 Å². The Morgan fingerprint density at radius 1 is 0.659 bits per heavy atom. The average Bonchev–Trinajstić information content (AvgIpc) is 3.65. The average molecular weight is 589 g/mol. The fourth-order valence-electron chi connectivity index (χ4n) is 5.67. The maximum absolute atomic E-state index is 13.0. The normalized spacial score (nSPS) is 11.8. The van der Waals surface area contributed by atoms with E-state index in [1.807, 2.05) is 24.3 Å². The number of benzene rings is 5. The van der Waals surface area contributed by atoms with Crippen LogP contribution in [-0.2, 0) is 12.7 Å². The summed E-state index contributed by atoms with van der Waals surface area (Å²) < 4.78 is 47.1. The molecule has 5 nitrogen and oxygen atoms in total. The van der Waals surface area contributed by atoms with Crippen LogP contribution in [0.15, 0.2) is 120 Å². The number of alkyl halides is 3. The molecule has 2 aromatic heterocycles. The first-order valence-electron chi connectivity index (χ1n) is 14.3. The third-order valence-corrected chi connectivity index (χ3v) is 7.88. The summed E-state index contributed by atoms with van der Waals surface area (Å²) in [6.07, 6.45) is -4.41. The Hall–Kier alpha value is -5.37. The van der Waals surface area contributed by atoms with E-state index < -0.39 is 11.7 Å². The molecule has 218 valence electrons. The summed E-state index contributed by atoms with van der Waals surface area (Å²) in [5.74, 6) is 0.431. The lowest BCUT2D eigenvalue weighted by Crippen LogP contribution is -2.10. The zero-order valence-electron chi connectivity index (χ0n) is 24.0. The van der Waals surface area contributed by atoms with Crippen molar-refractivity contribution in [2.24, 2.45) is 0 Å². The highest BCUT2D eigenvalue weighted by molar-refractivity contribution is 6.09. The smallest absolute Gasteiger partial charge is 0.416 e. The summed E-state index contributed by atoms with van der Waals surface area (Å²) in [6.45, 7) is 5.11. The van der Waals surface area contributed by atoms with E-state index in [0.717, 1.165) is 35.7 Å². The van der Waals surface area contributed by atoms with Crippen LogP contribution in [0.25, 0.3) is 44.7 Å². The minimum Gasteiger partial charge on any atom is -0.416 e. The van der Waals surface area contributed by atoms with Crippen LogP contribution in [-0.4, -0.2) is 14.8 Å². The molecule has 0 unspecified atom stereocenters. The molecule has 0 radical (unpaired) electrons. The van der Waals surface area contributed by atoms with Gasteiger partial charge in [-0.3, -0.25) is 0 Å². The van der Waals surface area contributed by atoms with Gasteiger partial charge in [0.2, 0.25) is 11.8 Å². The van der Waals surface area contributed by atoms with Gasteiger partial charge in [-0.15, -0.1) is 10.2 Å². The van der Waals surface area contributed by atoms with Crippen molar-refractivity contribution < 1.29 is 17.6 Å². The standard InChI is InChI=1S/C36H27F3N4O/c1-3-42-32-7-5-4-6-30(32)31-22-29(20-21-33(31)42)43(27-16-8-23(2)9-17-27)28-18-12-25(13-19-28)35-41-40-34(44-35)24-10-14-26(15-11-24)36(37,38)39/h4-22H,3H2,1-2H3. The number of halogens is 3. The van der Waals surface area contributed by atoms with Crippen LogP contribution >= 0.6 is 0 Å². The summed E-state index contributed by atoms with van der Waals surface area (Å²) in [7, 11) is 0. The molecule has 0 amide bonds. The van der Waals surface area contributed by atoms with Gasteiger partial charge in [-0.05, 0) is 98.8 Å². The van der Waals surface area contributed by atoms with Gasteiger partial charge in [0.05, 0.1) is 5.56 Å². The fraction of sp³-hybridized carbons (Fsp3) is 0.111. The number of fused-ring (bicyclic) bond motifs is 3. The summed E-state index contributed by atoms with van der Waals surface area (Å²) in [6, 6.07) is 35.9. The van der Waals surface area contributed by atoms with Crippen molar-refractivity contribution in [1.82, 2.24) is 14.8 Å². The van der Waals surface area contributed by atoms with Crippen molar-refractivity contribution >= 4 is 38.9 Å². The topological polar surface area (TPSA) is 47.1 Å². The highest BCUT2D eigenvalue weighted by atomic mass is 19.4. The number of aromatic nitrogens is 3. The highest BCUT2D eigenvalue weighted by Crippen LogP contribution is 2.39. The van der Waals surface area contributed by atoms with E-state index in [9.17, 15) is 13.2 Å². The maximum atomic E-state index is 13.0. The van der Waals surface area contributed by atoms with Crippen molar-refractivity contribution in [2.75, 3.05) is 4.90 Å². The molecule has 7 aromatic rings. The second-order valence-electron chi connectivity index (χ2n) is 10.7. The Labute approximate surface area is 251 Å². The van der Waals surface area contributed by atoms with E-state index in [4.69, 9.17) is 4.42 Å². The number of aryl methyl sites for hydroxylation is 2. The van der Waals surface area contributed by atoms with Crippen LogP contribution in [0, 0.1) is 6.92 Å². The largest absolute Gasteiger partial charge is 0.416 e. The number of hydrogen-bond acceptors (Lipinski definition) is 4. The first-order valence-corrected chi connectivity index (χ1v) is 14.3. The van der Waals surface area contributed by atoms with Crippen molar-refractivity contribution in [3.8, 4) is 22.9 Å². The summed E-state index contributed by atoms with van der Waals surface area (Å²) in [5, 5.41) is 10.6. The third kappa shape index (κ3) is 4.88. The van der Waals surface area contributed by atoms with Gasteiger partial charge in [-0.1, -0.05) is 35.9 Å². The fourth-order valence-corrected chi connectivity index (χ4v) is 5.67. The van der Waals surface area contributed by atoms with Gasteiger partial charge in [0.25, 0.3) is 0 Å². The van der Waals surface area contributed by atoms with Crippen molar-refractivity contribution in [2.45, 2.75) is 26.6 Å². The Balaban J connectivity index is 1.26. The highest BCUT2D eigenvalue weighted by Gasteiger charge is 2.30. The summed E-state index contributed by atoms with van der Waals surface area (Å²) in [5.41, 5.74) is 6.94. The monoisotopic (exact) mass is 588 g/mol.